The number of hydrogen-bond donors (Lipinski definition) is 0. The number of carbonyl (C=O) groups excluding carboxylic acids is 3. The van der Waals surface area contributed by atoms with Gasteiger partial charge < -0.3 is 4.74 Å². The zero-order valence-corrected chi connectivity index (χ0v) is 13.6. The van der Waals surface area contributed by atoms with Crippen molar-refractivity contribution >= 4 is 23.5 Å². The summed E-state index contributed by atoms with van der Waals surface area (Å²) in [5.41, 5.74) is 0.998. The molecule has 0 bridgehead atoms. The highest BCUT2D eigenvalue weighted by Gasteiger charge is 2.38. The Bertz CT molecular complexity index is 992. The number of benzene rings is 3. The first-order chi connectivity index (χ1) is 12.7. The molecule has 1 aliphatic rings. The fourth-order valence-corrected chi connectivity index (χ4v) is 2.90. The molecule has 5 nitrogen and oxygen atoms in total. The number of esters is 1. The summed E-state index contributed by atoms with van der Waals surface area (Å²) < 4.78 is 5.36. The van der Waals surface area contributed by atoms with E-state index in [1.165, 1.54) is 6.07 Å². The van der Waals surface area contributed by atoms with Crippen molar-refractivity contribution in [2.75, 3.05) is 4.90 Å². The Morgan fingerprint density at radius 2 is 1.23 bits per heavy atom. The molecule has 0 saturated carbocycles. The van der Waals surface area contributed by atoms with Crippen LogP contribution in [0, 0.1) is 0 Å². The molecular weight excluding hydrogens is 330 g/mol. The molecule has 0 aliphatic carbocycles. The van der Waals surface area contributed by atoms with Crippen LogP contribution in [0.4, 0.5) is 5.69 Å². The molecule has 0 unspecified atom stereocenters. The number of amides is 2. The monoisotopic (exact) mass is 343 g/mol. The van der Waals surface area contributed by atoms with Crippen LogP contribution in [0.25, 0.3) is 0 Å². The molecule has 0 atom stereocenters. The predicted octanol–water partition coefficient (Wildman–Crippen LogP) is 3.71. The lowest BCUT2D eigenvalue weighted by atomic mass is 10.1. The van der Waals surface area contributed by atoms with Crippen molar-refractivity contribution in [3.8, 4) is 5.75 Å². The Hall–Kier alpha value is -3.73. The summed E-state index contributed by atoms with van der Waals surface area (Å²) in [7, 11) is 0. The van der Waals surface area contributed by atoms with Crippen molar-refractivity contribution in [1.29, 1.82) is 0 Å². The third-order valence-electron chi connectivity index (χ3n) is 4.11. The molecule has 0 spiro atoms. The molecule has 1 heterocycles. The third kappa shape index (κ3) is 2.56. The van der Waals surface area contributed by atoms with Crippen molar-refractivity contribution in [1.82, 2.24) is 0 Å². The maximum Gasteiger partial charge on any atom is 0.345 e. The zero-order valence-electron chi connectivity index (χ0n) is 13.6. The number of fused-ring (bicyclic) bond motifs is 1. The second-order valence-electron chi connectivity index (χ2n) is 5.71. The first kappa shape index (κ1) is 15.8. The van der Waals surface area contributed by atoms with Crippen molar-refractivity contribution in [2.45, 2.75) is 0 Å². The Balaban J connectivity index is 1.72. The second kappa shape index (κ2) is 6.29. The average molecular weight is 343 g/mol. The van der Waals surface area contributed by atoms with Gasteiger partial charge in [-0.3, -0.25) is 9.59 Å². The number of carbonyl (C=O) groups is 3. The van der Waals surface area contributed by atoms with Crippen LogP contribution in [0.3, 0.4) is 0 Å². The van der Waals surface area contributed by atoms with Crippen LogP contribution in [0.2, 0.25) is 0 Å². The highest BCUT2D eigenvalue weighted by molar-refractivity contribution is 6.35. The Morgan fingerprint density at radius 3 is 1.88 bits per heavy atom. The molecule has 126 valence electrons. The van der Waals surface area contributed by atoms with E-state index < -0.39 is 17.8 Å². The van der Waals surface area contributed by atoms with E-state index in [4.69, 9.17) is 4.74 Å². The van der Waals surface area contributed by atoms with Crippen LogP contribution in [-0.4, -0.2) is 17.8 Å². The molecule has 0 radical (unpaired) electrons. The number of anilines is 1. The number of hydrogen-bond acceptors (Lipinski definition) is 4. The lowest BCUT2D eigenvalue weighted by molar-refractivity contribution is 0.0735. The number of rotatable bonds is 3. The molecule has 1 aliphatic heterocycles. The van der Waals surface area contributed by atoms with Gasteiger partial charge in [-0.2, -0.15) is 0 Å². The van der Waals surface area contributed by atoms with E-state index >= 15 is 0 Å². The van der Waals surface area contributed by atoms with Gasteiger partial charge in [0.15, 0.2) is 0 Å². The standard InChI is InChI=1S/C21H13NO4/c23-19-15-10-4-5-11-16(15)20(24)22(19)18-13-7-6-12-17(18)21(25)26-14-8-2-1-3-9-14/h1-13H. The van der Waals surface area contributed by atoms with Crippen molar-refractivity contribution < 1.29 is 19.1 Å². The summed E-state index contributed by atoms with van der Waals surface area (Å²) in [6, 6.07) is 21.6. The highest BCUT2D eigenvalue weighted by atomic mass is 16.5. The molecule has 2 amide bonds. The van der Waals surface area contributed by atoms with Crippen LogP contribution in [0.5, 0.6) is 5.75 Å². The van der Waals surface area contributed by atoms with Gasteiger partial charge in [-0.15, -0.1) is 0 Å². The SMILES string of the molecule is O=C(Oc1ccccc1)c1ccccc1N1C(=O)c2ccccc2C1=O. The zero-order chi connectivity index (χ0) is 18.1. The average Bonchev–Trinajstić information content (AvgIpc) is 2.93. The second-order valence-corrected chi connectivity index (χ2v) is 5.71. The van der Waals surface area contributed by atoms with E-state index in [9.17, 15) is 14.4 Å². The number of para-hydroxylation sites is 2. The van der Waals surface area contributed by atoms with Crippen LogP contribution in [0.15, 0.2) is 78.9 Å². The van der Waals surface area contributed by atoms with Crippen molar-refractivity contribution in [3.05, 3.63) is 95.6 Å². The minimum Gasteiger partial charge on any atom is -0.423 e. The van der Waals surface area contributed by atoms with Gasteiger partial charge >= 0.3 is 5.97 Å². The van der Waals surface area contributed by atoms with E-state index in [0.717, 1.165) is 4.90 Å². The fourth-order valence-electron chi connectivity index (χ4n) is 2.90. The number of imide groups is 1. The summed E-state index contributed by atoms with van der Waals surface area (Å²) >= 11 is 0. The Labute approximate surface area is 149 Å². The van der Waals surface area contributed by atoms with Crippen LogP contribution < -0.4 is 9.64 Å². The molecule has 4 rings (SSSR count). The highest BCUT2D eigenvalue weighted by Crippen LogP contribution is 2.31. The predicted molar refractivity (Wildman–Crippen MR) is 95.4 cm³/mol. The van der Waals surface area contributed by atoms with Crippen molar-refractivity contribution in [2.24, 2.45) is 0 Å². The fraction of sp³-hybridized carbons (Fsp3) is 0. The van der Waals surface area contributed by atoms with Gasteiger partial charge in [0.05, 0.1) is 22.4 Å². The maximum absolute atomic E-state index is 12.7. The maximum atomic E-state index is 12.7. The van der Waals surface area contributed by atoms with Gasteiger partial charge in [0.2, 0.25) is 0 Å². The lowest BCUT2D eigenvalue weighted by Gasteiger charge is -2.17. The van der Waals surface area contributed by atoms with Gasteiger partial charge in [0.25, 0.3) is 11.8 Å². The Morgan fingerprint density at radius 1 is 0.692 bits per heavy atom. The summed E-state index contributed by atoms with van der Waals surface area (Å²) in [4.78, 5) is 39.0. The van der Waals surface area contributed by atoms with E-state index in [1.807, 2.05) is 6.07 Å². The van der Waals surface area contributed by atoms with Gasteiger partial charge in [0.1, 0.15) is 5.75 Å². The first-order valence-corrected chi connectivity index (χ1v) is 8.01. The van der Waals surface area contributed by atoms with Crippen molar-refractivity contribution in [3.63, 3.8) is 0 Å². The third-order valence-corrected chi connectivity index (χ3v) is 4.11. The van der Waals surface area contributed by atoms with Gasteiger partial charge in [-0.1, -0.05) is 42.5 Å². The largest absolute Gasteiger partial charge is 0.423 e. The summed E-state index contributed by atoms with van der Waals surface area (Å²) in [5, 5.41) is 0. The molecule has 0 saturated heterocycles. The van der Waals surface area contributed by atoms with Crippen LogP contribution in [-0.2, 0) is 0 Å². The lowest BCUT2D eigenvalue weighted by Crippen LogP contribution is -2.31. The summed E-state index contributed by atoms with van der Waals surface area (Å²) in [5.74, 6) is -1.16. The first-order valence-electron chi connectivity index (χ1n) is 8.01. The Kier molecular flexibility index (Phi) is 3.82. The molecule has 0 N–H and O–H groups in total. The van der Waals surface area contributed by atoms with Crippen LogP contribution >= 0.6 is 0 Å². The quantitative estimate of drug-likeness (QED) is 0.413. The minimum atomic E-state index is -0.636. The summed E-state index contributed by atoms with van der Waals surface area (Å²) in [6.45, 7) is 0. The van der Waals surface area contributed by atoms with E-state index in [2.05, 4.69) is 0 Å². The smallest absolute Gasteiger partial charge is 0.345 e. The van der Waals surface area contributed by atoms with E-state index in [0.29, 0.717) is 16.9 Å². The normalized spacial score (nSPS) is 12.8. The molecule has 3 aromatic carbocycles. The van der Waals surface area contributed by atoms with Crippen LogP contribution in [0.1, 0.15) is 31.1 Å². The van der Waals surface area contributed by atoms with Gasteiger partial charge in [-0.25, -0.2) is 9.69 Å². The molecule has 3 aromatic rings. The topological polar surface area (TPSA) is 63.7 Å². The minimum absolute atomic E-state index is 0.144. The molecule has 0 aromatic heterocycles. The van der Waals surface area contributed by atoms with Gasteiger partial charge in [0, 0.05) is 0 Å². The number of nitrogens with zero attached hydrogens (tertiary/aromatic N) is 1. The molecule has 26 heavy (non-hydrogen) atoms. The van der Waals surface area contributed by atoms with Gasteiger partial charge in [-0.05, 0) is 36.4 Å². The molecular formula is C21H13NO4. The molecule has 5 heteroatoms. The number of ether oxygens (including phenoxy) is 1. The van der Waals surface area contributed by atoms with E-state index in [1.54, 1.807) is 66.7 Å². The van der Waals surface area contributed by atoms with E-state index in [-0.39, 0.29) is 11.3 Å². The molecule has 0 fully saturated rings. The summed E-state index contributed by atoms with van der Waals surface area (Å²) in [6.07, 6.45) is 0.